The van der Waals surface area contributed by atoms with Crippen LogP contribution in [0.5, 0.6) is 0 Å². The number of aryl methyl sites for hydroxylation is 2. The van der Waals surface area contributed by atoms with Gasteiger partial charge in [0.05, 0.1) is 16.6 Å². The van der Waals surface area contributed by atoms with E-state index in [2.05, 4.69) is 4.98 Å². The SMILES string of the molecule is Cc1cccn2c(=O)c(-c3cn(C)c4cc(F)ccc34)c[n+](Cc3cnc(Cl)s3)c12. The molecule has 0 atom stereocenters. The first-order chi connectivity index (χ1) is 14.4. The van der Waals surface area contributed by atoms with Gasteiger partial charge in [-0.2, -0.15) is 4.40 Å². The lowest BCUT2D eigenvalue weighted by Gasteiger charge is -2.07. The minimum atomic E-state index is -0.307. The van der Waals surface area contributed by atoms with E-state index in [-0.39, 0.29) is 11.4 Å². The molecule has 4 heterocycles. The Bertz CT molecular complexity index is 1500. The van der Waals surface area contributed by atoms with Crippen molar-refractivity contribution in [2.75, 3.05) is 0 Å². The van der Waals surface area contributed by atoms with Gasteiger partial charge in [-0.15, -0.1) is 11.3 Å². The first-order valence-electron chi connectivity index (χ1n) is 9.32. The molecular weight excluding hydrogens is 423 g/mol. The van der Waals surface area contributed by atoms with Gasteiger partial charge in [-0.05, 0) is 37.3 Å². The molecule has 0 aliphatic rings. The van der Waals surface area contributed by atoms with Crippen LogP contribution < -0.4 is 10.1 Å². The van der Waals surface area contributed by atoms with Crippen LogP contribution in [0.4, 0.5) is 4.39 Å². The smallest absolute Gasteiger partial charge is 0.350 e. The molecule has 8 heteroatoms. The molecule has 0 radical (unpaired) electrons. The molecule has 0 unspecified atom stereocenters. The minimum Gasteiger partial charge on any atom is -0.350 e. The highest BCUT2D eigenvalue weighted by molar-refractivity contribution is 7.15. The van der Waals surface area contributed by atoms with E-state index in [0.717, 1.165) is 32.6 Å². The Morgan fingerprint density at radius 2 is 2.10 bits per heavy atom. The average molecular weight is 440 g/mol. The molecule has 150 valence electrons. The van der Waals surface area contributed by atoms with Gasteiger partial charge in [0.1, 0.15) is 24.1 Å². The van der Waals surface area contributed by atoms with E-state index < -0.39 is 0 Å². The van der Waals surface area contributed by atoms with Crippen LogP contribution in [0, 0.1) is 12.7 Å². The van der Waals surface area contributed by atoms with Crippen molar-refractivity contribution in [2.45, 2.75) is 13.5 Å². The summed E-state index contributed by atoms with van der Waals surface area (Å²) in [6.07, 6.45) is 7.27. The fourth-order valence-electron chi connectivity index (χ4n) is 3.94. The molecule has 0 fully saturated rings. The Morgan fingerprint density at radius 1 is 1.27 bits per heavy atom. The molecule has 0 amide bonds. The van der Waals surface area contributed by atoms with Gasteiger partial charge in [-0.25, -0.2) is 18.7 Å². The lowest BCUT2D eigenvalue weighted by Crippen LogP contribution is -2.41. The van der Waals surface area contributed by atoms with Crippen molar-refractivity contribution in [3.63, 3.8) is 0 Å². The number of pyridine rings is 1. The Morgan fingerprint density at radius 3 is 2.87 bits per heavy atom. The monoisotopic (exact) mass is 439 g/mol. The summed E-state index contributed by atoms with van der Waals surface area (Å²) in [7, 11) is 1.85. The van der Waals surface area contributed by atoms with Crippen molar-refractivity contribution in [1.82, 2.24) is 14.0 Å². The third-order valence-corrected chi connectivity index (χ3v) is 6.36. The molecule has 5 aromatic rings. The van der Waals surface area contributed by atoms with Gasteiger partial charge < -0.3 is 4.57 Å². The van der Waals surface area contributed by atoms with E-state index in [1.165, 1.54) is 23.5 Å². The fraction of sp³-hybridized carbons (Fsp3) is 0.136. The van der Waals surface area contributed by atoms with Crippen molar-refractivity contribution in [3.8, 4) is 11.1 Å². The Labute approximate surface area is 180 Å². The predicted molar refractivity (Wildman–Crippen MR) is 117 cm³/mol. The molecule has 0 saturated heterocycles. The Kier molecular flexibility index (Phi) is 4.45. The van der Waals surface area contributed by atoms with E-state index in [9.17, 15) is 9.18 Å². The summed E-state index contributed by atoms with van der Waals surface area (Å²) in [6, 6.07) is 8.46. The summed E-state index contributed by atoms with van der Waals surface area (Å²) < 4.78 is 19.8. The van der Waals surface area contributed by atoms with Crippen molar-refractivity contribution in [3.05, 3.63) is 86.2 Å². The molecule has 5 nitrogen and oxygen atoms in total. The highest BCUT2D eigenvalue weighted by Crippen LogP contribution is 2.29. The van der Waals surface area contributed by atoms with Gasteiger partial charge in [0.25, 0.3) is 5.65 Å². The fourth-order valence-corrected chi connectivity index (χ4v) is 4.92. The minimum absolute atomic E-state index is 0.121. The first-order valence-corrected chi connectivity index (χ1v) is 10.5. The quantitative estimate of drug-likeness (QED) is 0.392. The zero-order valence-electron chi connectivity index (χ0n) is 16.3. The summed E-state index contributed by atoms with van der Waals surface area (Å²) in [5.74, 6) is -0.307. The van der Waals surface area contributed by atoms with Crippen LogP contribution in [0.3, 0.4) is 0 Å². The third kappa shape index (κ3) is 3.02. The third-order valence-electron chi connectivity index (χ3n) is 5.26. The van der Waals surface area contributed by atoms with E-state index in [4.69, 9.17) is 11.6 Å². The molecule has 0 N–H and O–H groups in total. The average Bonchev–Trinajstić information content (AvgIpc) is 3.27. The molecule has 4 aromatic heterocycles. The lowest BCUT2D eigenvalue weighted by atomic mass is 10.1. The Hall–Kier alpha value is -3.03. The first kappa shape index (κ1) is 19.0. The van der Waals surface area contributed by atoms with Gasteiger partial charge in [0, 0.05) is 36.0 Å². The maximum atomic E-state index is 13.8. The summed E-state index contributed by atoms with van der Waals surface area (Å²) in [5, 5.41) is 0.830. The number of aromatic nitrogens is 4. The summed E-state index contributed by atoms with van der Waals surface area (Å²) in [4.78, 5) is 18.6. The van der Waals surface area contributed by atoms with Crippen molar-refractivity contribution < 1.29 is 8.96 Å². The molecule has 0 aliphatic heterocycles. The van der Waals surface area contributed by atoms with Crippen molar-refractivity contribution >= 4 is 39.5 Å². The number of benzene rings is 1. The molecule has 0 bridgehead atoms. The number of nitrogens with zero attached hydrogens (tertiary/aromatic N) is 4. The van der Waals surface area contributed by atoms with Crippen molar-refractivity contribution in [2.24, 2.45) is 7.05 Å². The second-order valence-electron chi connectivity index (χ2n) is 7.26. The number of rotatable bonds is 3. The highest BCUT2D eigenvalue weighted by Gasteiger charge is 2.22. The van der Waals surface area contributed by atoms with Crippen LogP contribution in [0.1, 0.15) is 10.4 Å². The van der Waals surface area contributed by atoms with Gasteiger partial charge in [0.2, 0.25) is 0 Å². The molecular formula is C22H17ClFN4OS+. The number of thiazole rings is 1. The van der Waals surface area contributed by atoms with Gasteiger partial charge in [0.15, 0.2) is 4.47 Å². The number of fused-ring (bicyclic) bond motifs is 2. The molecule has 30 heavy (non-hydrogen) atoms. The van der Waals surface area contributed by atoms with E-state index in [0.29, 0.717) is 16.6 Å². The number of hydrogen-bond acceptors (Lipinski definition) is 3. The lowest BCUT2D eigenvalue weighted by molar-refractivity contribution is -0.665. The van der Waals surface area contributed by atoms with Gasteiger partial charge in [-0.1, -0.05) is 11.6 Å². The van der Waals surface area contributed by atoms with Crippen LogP contribution in [-0.4, -0.2) is 14.0 Å². The maximum Gasteiger partial charge on any atom is 0.350 e. The van der Waals surface area contributed by atoms with Crippen molar-refractivity contribution in [1.29, 1.82) is 0 Å². The van der Waals surface area contributed by atoms with Crippen LogP contribution in [0.25, 0.3) is 27.7 Å². The zero-order chi connectivity index (χ0) is 21.0. The second kappa shape index (κ2) is 7.04. The topological polar surface area (TPSA) is 43.2 Å². The van der Waals surface area contributed by atoms with Crippen LogP contribution in [-0.2, 0) is 13.6 Å². The largest absolute Gasteiger partial charge is 0.350 e. The summed E-state index contributed by atoms with van der Waals surface area (Å²) in [5.41, 5.74) is 3.72. The van der Waals surface area contributed by atoms with E-state index >= 15 is 0 Å². The molecule has 0 spiro atoms. The predicted octanol–water partition coefficient (Wildman–Crippen LogP) is 4.35. The Balaban J connectivity index is 1.82. The van der Waals surface area contributed by atoms with Gasteiger partial charge >= 0.3 is 5.56 Å². The van der Waals surface area contributed by atoms with E-state index in [1.807, 2.05) is 47.6 Å². The van der Waals surface area contributed by atoms with Crippen LogP contribution in [0.15, 0.2) is 59.9 Å². The number of hydrogen-bond donors (Lipinski definition) is 0. The standard InChI is InChI=1S/C22H17ClFN4OS/c1-13-4-3-7-28-20(13)27(10-15-9-25-22(23)30-15)12-18(21(28)29)17-11-26(2)19-8-14(24)5-6-16(17)19/h3-9,11-12H,10H2,1-2H3/q+1. The second-order valence-corrected chi connectivity index (χ2v) is 8.95. The summed E-state index contributed by atoms with van der Waals surface area (Å²) in [6.45, 7) is 2.51. The molecule has 5 rings (SSSR count). The normalized spacial score (nSPS) is 11.6. The molecule has 0 saturated carbocycles. The van der Waals surface area contributed by atoms with Gasteiger partial charge in [-0.3, -0.25) is 0 Å². The number of halogens is 2. The molecule has 0 aliphatic carbocycles. The zero-order valence-corrected chi connectivity index (χ0v) is 17.8. The molecule has 1 aromatic carbocycles. The summed E-state index contributed by atoms with van der Waals surface area (Å²) >= 11 is 7.43. The maximum absolute atomic E-state index is 13.8. The van der Waals surface area contributed by atoms with E-state index in [1.54, 1.807) is 22.9 Å². The van der Waals surface area contributed by atoms with Crippen LogP contribution >= 0.6 is 22.9 Å². The van der Waals surface area contributed by atoms with Crippen LogP contribution in [0.2, 0.25) is 4.47 Å². The highest BCUT2D eigenvalue weighted by atomic mass is 35.5.